The topological polar surface area (TPSA) is 9.23 Å². The first-order valence-electron chi connectivity index (χ1n) is 6.97. The van der Waals surface area contributed by atoms with Gasteiger partial charge in [0.25, 0.3) is 0 Å². The third kappa shape index (κ3) is 5.36. The third-order valence-corrected chi connectivity index (χ3v) is 3.23. The largest absolute Gasteiger partial charge is 0.374 e. The first-order chi connectivity index (χ1) is 8.30. The van der Waals surface area contributed by atoms with Crippen molar-refractivity contribution in [3.8, 4) is 0 Å². The molecule has 0 heterocycles. The van der Waals surface area contributed by atoms with Crippen molar-refractivity contribution in [2.24, 2.45) is 5.92 Å². The van der Waals surface area contributed by atoms with Crippen molar-refractivity contribution in [3.63, 3.8) is 0 Å². The van der Waals surface area contributed by atoms with Crippen LogP contribution in [0.25, 0.3) is 0 Å². The van der Waals surface area contributed by atoms with Crippen LogP contribution in [0.5, 0.6) is 0 Å². The second kappa shape index (κ2) is 8.30. The maximum absolute atomic E-state index is 5.97. The maximum Gasteiger partial charge on any atom is 0.0717 e. The summed E-state index contributed by atoms with van der Waals surface area (Å²) in [5, 5.41) is 0. The van der Waals surface area contributed by atoms with E-state index in [-0.39, 0.29) is 0 Å². The molecule has 0 radical (unpaired) electrons. The summed E-state index contributed by atoms with van der Waals surface area (Å²) in [6, 6.07) is 0. The number of allylic oxidation sites excluding steroid dienone is 4. The van der Waals surface area contributed by atoms with Crippen LogP contribution in [0.3, 0.4) is 0 Å². The summed E-state index contributed by atoms with van der Waals surface area (Å²) in [7, 11) is 0. The highest BCUT2D eigenvalue weighted by molar-refractivity contribution is 5.28. The third-order valence-electron chi connectivity index (χ3n) is 3.23. The summed E-state index contributed by atoms with van der Waals surface area (Å²) in [5.41, 5.74) is 1.32. The molecule has 1 aliphatic carbocycles. The predicted octanol–water partition coefficient (Wildman–Crippen LogP) is 4.66. The van der Waals surface area contributed by atoms with Gasteiger partial charge in [-0.25, -0.2) is 0 Å². The Morgan fingerprint density at radius 3 is 2.71 bits per heavy atom. The maximum atomic E-state index is 5.97. The summed E-state index contributed by atoms with van der Waals surface area (Å²) in [4.78, 5) is 0. The van der Waals surface area contributed by atoms with Crippen LogP contribution >= 0.6 is 0 Å². The molecule has 0 aromatic carbocycles. The smallest absolute Gasteiger partial charge is 0.0717 e. The standard InChI is InChI=1S/C16H26O/c1-4-9-16(6-3)17-13-15-11-8-7-10-14(5-2)12-15/h7-8,10-12,14,16H,4-6,9,13H2,1-3H3. The predicted molar refractivity (Wildman–Crippen MR) is 75.1 cm³/mol. The molecule has 0 saturated heterocycles. The molecule has 0 saturated carbocycles. The summed E-state index contributed by atoms with van der Waals surface area (Å²) < 4.78 is 5.97. The molecular formula is C16H26O. The average Bonchev–Trinajstić information content (AvgIpc) is 2.59. The summed E-state index contributed by atoms with van der Waals surface area (Å²) >= 11 is 0. The van der Waals surface area contributed by atoms with E-state index in [1.54, 1.807) is 0 Å². The van der Waals surface area contributed by atoms with Crippen molar-refractivity contribution in [2.75, 3.05) is 6.61 Å². The molecule has 0 spiro atoms. The summed E-state index contributed by atoms with van der Waals surface area (Å²) in [6.45, 7) is 7.40. The van der Waals surface area contributed by atoms with Gasteiger partial charge < -0.3 is 4.74 Å². The quantitative estimate of drug-likeness (QED) is 0.622. The monoisotopic (exact) mass is 234 g/mol. The summed E-state index contributed by atoms with van der Waals surface area (Å²) in [6.07, 6.45) is 16.1. The second-order valence-electron chi connectivity index (χ2n) is 4.69. The van der Waals surface area contributed by atoms with Crippen molar-refractivity contribution in [1.82, 2.24) is 0 Å². The molecule has 1 heteroatoms. The van der Waals surface area contributed by atoms with Crippen LogP contribution < -0.4 is 0 Å². The van der Waals surface area contributed by atoms with Crippen LogP contribution in [-0.4, -0.2) is 12.7 Å². The molecule has 0 aliphatic heterocycles. The van der Waals surface area contributed by atoms with Crippen LogP contribution in [0.15, 0.2) is 36.0 Å². The van der Waals surface area contributed by atoms with E-state index in [2.05, 4.69) is 51.2 Å². The van der Waals surface area contributed by atoms with Crippen molar-refractivity contribution in [3.05, 3.63) is 36.0 Å². The minimum Gasteiger partial charge on any atom is -0.374 e. The van der Waals surface area contributed by atoms with Crippen LogP contribution in [0.1, 0.15) is 46.5 Å². The molecule has 1 rings (SSSR count). The zero-order valence-electron chi connectivity index (χ0n) is 11.5. The minimum absolute atomic E-state index is 0.422. The zero-order valence-corrected chi connectivity index (χ0v) is 11.5. The highest BCUT2D eigenvalue weighted by Crippen LogP contribution is 2.16. The lowest BCUT2D eigenvalue weighted by Crippen LogP contribution is -2.13. The Bertz CT molecular complexity index is 286. The van der Waals surface area contributed by atoms with Gasteiger partial charge in [-0.1, -0.05) is 57.6 Å². The normalized spacial score (nSPS) is 21.1. The van der Waals surface area contributed by atoms with Gasteiger partial charge in [-0.2, -0.15) is 0 Å². The lowest BCUT2D eigenvalue weighted by atomic mass is 10.0. The van der Waals surface area contributed by atoms with Crippen LogP contribution in [0.4, 0.5) is 0 Å². The van der Waals surface area contributed by atoms with Crippen molar-refractivity contribution < 1.29 is 4.74 Å². The Kier molecular flexibility index (Phi) is 6.95. The molecule has 0 amide bonds. The molecule has 0 fully saturated rings. The van der Waals surface area contributed by atoms with E-state index in [0.717, 1.165) is 19.4 Å². The Labute approximate surface area is 106 Å². The molecule has 0 aromatic heterocycles. The Hall–Kier alpha value is -0.820. The lowest BCUT2D eigenvalue weighted by Gasteiger charge is -2.16. The van der Waals surface area contributed by atoms with Gasteiger partial charge in [0.1, 0.15) is 0 Å². The van der Waals surface area contributed by atoms with Crippen molar-refractivity contribution in [2.45, 2.75) is 52.6 Å². The van der Waals surface area contributed by atoms with Crippen LogP contribution in [-0.2, 0) is 4.74 Å². The molecule has 96 valence electrons. The molecule has 17 heavy (non-hydrogen) atoms. The number of hydrogen-bond donors (Lipinski definition) is 0. The molecule has 1 nitrogen and oxygen atoms in total. The van der Waals surface area contributed by atoms with Gasteiger partial charge in [0.2, 0.25) is 0 Å². The van der Waals surface area contributed by atoms with E-state index in [0.29, 0.717) is 12.0 Å². The van der Waals surface area contributed by atoms with Crippen LogP contribution in [0, 0.1) is 5.92 Å². The Morgan fingerprint density at radius 1 is 1.24 bits per heavy atom. The first-order valence-corrected chi connectivity index (χ1v) is 6.97. The average molecular weight is 234 g/mol. The van der Waals surface area contributed by atoms with Gasteiger partial charge in [-0.05, 0) is 30.8 Å². The van der Waals surface area contributed by atoms with Gasteiger partial charge in [-0.15, -0.1) is 0 Å². The first kappa shape index (κ1) is 14.2. The van der Waals surface area contributed by atoms with E-state index < -0.39 is 0 Å². The van der Waals surface area contributed by atoms with E-state index in [4.69, 9.17) is 4.74 Å². The summed E-state index contributed by atoms with van der Waals surface area (Å²) in [5.74, 6) is 0.565. The fraction of sp³-hybridized carbons (Fsp3) is 0.625. The van der Waals surface area contributed by atoms with E-state index in [1.165, 1.54) is 18.4 Å². The SMILES string of the molecule is CCCC(CC)OCC1=CC(CC)C=CC=C1. The van der Waals surface area contributed by atoms with Crippen molar-refractivity contribution in [1.29, 1.82) is 0 Å². The van der Waals surface area contributed by atoms with Gasteiger partial charge in [-0.3, -0.25) is 0 Å². The van der Waals surface area contributed by atoms with Gasteiger partial charge in [0.05, 0.1) is 12.7 Å². The van der Waals surface area contributed by atoms with E-state index in [1.807, 2.05) is 0 Å². The van der Waals surface area contributed by atoms with Crippen molar-refractivity contribution >= 4 is 0 Å². The molecule has 2 unspecified atom stereocenters. The number of ether oxygens (including phenoxy) is 1. The zero-order chi connectivity index (χ0) is 12.5. The molecule has 0 bridgehead atoms. The minimum atomic E-state index is 0.422. The number of rotatable bonds is 7. The van der Waals surface area contributed by atoms with Gasteiger partial charge >= 0.3 is 0 Å². The number of hydrogen-bond acceptors (Lipinski definition) is 1. The van der Waals surface area contributed by atoms with Gasteiger partial charge in [0.15, 0.2) is 0 Å². The van der Waals surface area contributed by atoms with E-state index >= 15 is 0 Å². The Morgan fingerprint density at radius 2 is 2.06 bits per heavy atom. The molecule has 0 N–H and O–H groups in total. The highest BCUT2D eigenvalue weighted by atomic mass is 16.5. The highest BCUT2D eigenvalue weighted by Gasteiger charge is 2.07. The molecule has 0 aromatic rings. The second-order valence-corrected chi connectivity index (χ2v) is 4.69. The fourth-order valence-corrected chi connectivity index (χ4v) is 2.06. The fourth-order valence-electron chi connectivity index (χ4n) is 2.06. The van der Waals surface area contributed by atoms with Gasteiger partial charge in [0, 0.05) is 0 Å². The van der Waals surface area contributed by atoms with E-state index in [9.17, 15) is 0 Å². The molecule has 2 atom stereocenters. The van der Waals surface area contributed by atoms with Crippen LogP contribution in [0.2, 0.25) is 0 Å². The molecule has 1 aliphatic rings. The molecular weight excluding hydrogens is 208 g/mol. The lowest BCUT2D eigenvalue weighted by molar-refractivity contribution is 0.0613. The Balaban J connectivity index is 2.47.